The first kappa shape index (κ1) is 18.6. The summed E-state index contributed by atoms with van der Waals surface area (Å²) in [7, 11) is 1.27. The number of pyridine rings is 1. The standard InChI is InChI=1S/C19H14F4N2O2/c1-25(10-19(21,22)23)16-9-13-8-12(18(26)27)4-7-15(13)24-17(16)11-2-5-14(20)6-3-11/h2-9H,10H2,1H3,(H,26,27). The predicted molar refractivity (Wildman–Crippen MR) is 93.4 cm³/mol. The number of hydrogen-bond acceptors (Lipinski definition) is 3. The Morgan fingerprint density at radius 3 is 2.37 bits per heavy atom. The van der Waals surface area contributed by atoms with Crippen LogP contribution in [0.2, 0.25) is 0 Å². The molecule has 0 saturated heterocycles. The molecule has 0 unspecified atom stereocenters. The monoisotopic (exact) mass is 378 g/mol. The van der Waals surface area contributed by atoms with E-state index in [0.29, 0.717) is 16.5 Å². The van der Waals surface area contributed by atoms with Crippen LogP contribution in [0.4, 0.5) is 23.2 Å². The number of carboxylic acids is 1. The van der Waals surface area contributed by atoms with Gasteiger partial charge in [0, 0.05) is 18.0 Å². The van der Waals surface area contributed by atoms with Crippen molar-refractivity contribution in [3.63, 3.8) is 0 Å². The second-order valence-corrected chi connectivity index (χ2v) is 6.05. The summed E-state index contributed by atoms with van der Waals surface area (Å²) in [5.41, 5.74) is 1.28. The Balaban J connectivity index is 2.21. The maximum atomic E-state index is 13.2. The highest BCUT2D eigenvalue weighted by molar-refractivity contribution is 5.96. The van der Waals surface area contributed by atoms with Crippen LogP contribution in [0.25, 0.3) is 22.2 Å². The predicted octanol–water partition coefficient (Wildman–Crippen LogP) is 4.74. The zero-order valence-electron chi connectivity index (χ0n) is 14.1. The van der Waals surface area contributed by atoms with Crippen molar-refractivity contribution in [2.45, 2.75) is 6.18 Å². The molecule has 1 aromatic heterocycles. The molecule has 0 saturated carbocycles. The largest absolute Gasteiger partial charge is 0.478 e. The zero-order valence-corrected chi connectivity index (χ0v) is 14.1. The van der Waals surface area contributed by atoms with E-state index in [0.717, 1.165) is 4.90 Å². The highest BCUT2D eigenvalue weighted by Gasteiger charge is 2.30. The van der Waals surface area contributed by atoms with Crippen molar-refractivity contribution in [1.82, 2.24) is 4.98 Å². The maximum absolute atomic E-state index is 13.2. The van der Waals surface area contributed by atoms with Crippen LogP contribution in [0.3, 0.4) is 0 Å². The number of nitrogens with zero attached hydrogens (tertiary/aromatic N) is 2. The van der Waals surface area contributed by atoms with Crippen LogP contribution in [-0.2, 0) is 0 Å². The average Bonchev–Trinajstić information content (AvgIpc) is 2.59. The van der Waals surface area contributed by atoms with E-state index in [1.165, 1.54) is 55.6 Å². The quantitative estimate of drug-likeness (QED) is 0.667. The van der Waals surface area contributed by atoms with Gasteiger partial charge in [-0.05, 0) is 48.5 Å². The Morgan fingerprint density at radius 1 is 1.11 bits per heavy atom. The summed E-state index contributed by atoms with van der Waals surface area (Å²) in [6, 6.07) is 10.9. The Kier molecular flexibility index (Phi) is 4.73. The van der Waals surface area contributed by atoms with Crippen LogP contribution in [0, 0.1) is 5.82 Å². The molecule has 4 nitrogen and oxygen atoms in total. The van der Waals surface area contributed by atoms with E-state index in [1.54, 1.807) is 0 Å². The first-order chi connectivity index (χ1) is 12.6. The second kappa shape index (κ2) is 6.86. The van der Waals surface area contributed by atoms with Gasteiger partial charge in [0.1, 0.15) is 12.4 Å². The topological polar surface area (TPSA) is 53.4 Å². The molecule has 0 aliphatic carbocycles. The summed E-state index contributed by atoms with van der Waals surface area (Å²) >= 11 is 0. The molecule has 3 aromatic rings. The Bertz CT molecular complexity index is 1000. The number of aromatic carboxylic acids is 1. The van der Waals surface area contributed by atoms with Gasteiger partial charge in [0.25, 0.3) is 0 Å². The lowest BCUT2D eigenvalue weighted by molar-refractivity contribution is -0.119. The smallest absolute Gasteiger partial charge is 0.405 e. The third-order valence-electron chi connectivity index (χ3n) is 3.99. The highest BCUT2D eigenvalue weighted by atomic mass is 19.4. The number of anilines is 1. The van der Waals surface area contributed by atoms with Gasteiger partial charge in [-0.15, -0.1) is 0 Å². The summed E-state index contributed by atoms with van der Waals surface area (Å²) in [5.74, 6) is -1.62. The number of rotatable bonds is 4. The lowest BCUT2D eigenvalue weighted by atomic mass is 10.0. The molecule has 0 aliphatic rings. The third kappa shape index (κ3) is 4.16. The van der Waals surface area contributed by atoms with E-state index >= 15 is 0 Å². The number of aromatic nitrogens is 1. The highest BCUT2D eigenvalue weighted by Crippen LogP contribution is 2.33. The summed E-state index contributed by atoms with van der Waals surface area (Å²) in [6.07, 6.45) is -4.44. The van der Waals surface area contributed by atoms with Gasteiger partial charge in [0.15, 0.2) is 0 Å². The van der Waals surface area contributed by atoms with Crippen LogP contribution < -0.4 is 4.90 Å². The van der Waals surface area contributed by atoms with Crippen molar-refractivity contribution in [3.8, 4) is 11.3 Å². The van der Waals surface area contributed by atoms with Gasteiger partial charge in [-0.2, -0.15) is 13.2 Å². The fraction of sp³-hybridized carbons (Fsp3) is 0.158. The first-order valence-corrected chi connectivity index (χ1v) is 7.86. The van der Waals surface area contributed by atoms with Gasteiger partial charge >= 0.3 is 12.1 Å². The fourth-order valence-corrected chi connectivity index (χ4v) is 2.76. The molecule has 0 aliphatic heterocycles. The second-order valence-electron chi connectivity index (χ2n) is 6.05. The van der Waals surface area contributed by atoms with E-state index in [1.807, 2.05) is 0 Å². The Morgan fingerprint density at radius 2 is 1.78 bits per heavy atom. The van der Waals surface area contributed by atoms with Crippen molar-refractivity contribution in [1.29, 1.82) is 0 Å². The molecule has 0 bridgehead atoms. The molecule has 3 rings (SSSR count). The molecule has 0 fully saturated rings. The number of halogens is 4. The Labute approximate surface area is 151 Å². The first-order valence-electron chi connectivity index (χ1n) is 7.86. The zero-order chi connectivity index (χ0) is 19.8. The molecule has 0 radical (unpaired) electrons. The summed E-state index contributed by atoms with van der Waals surface area (Å²) in [5, 5.41) is 9.51. The number of benzene rings is 2. The fourth-order valence-electron chi connectivity index (χ4n) is 2.76. The molecule has 2 aromatic carbocycles. The number of alkyl halides is 3. The lowest BCUT2D eigenvalue weighted by Crippen LogP contribution is -2.31. The molecule has 8 heteroatoms. The van der Waals surface area contributed by atoms with Crippen molar-refractivity contribution in [3.05, 3.63) is 59.9 Å². The van der Waals surface area contributed by atoms with Gasteiger partial charge in [0.2, 0.25) is 0 Å². The SMILES string of the molecule is CN(CC(F)(F)F)c1cc2cc(C(=O)O)ccc2nc1-c1ccc(F)cc1. The van der Waals surface area contributed by atoms with E-state index < -0.39 is 24.5 Å². The molecule has 1 N–H and O–H groups in total. The van der Waals surface area contributed by atoms with Gasteiger partial charge in [-0.25, -0.2) is 14.2 Å². The molecular formula is C19H14F4N2O2. The maximum Gasteiger partial charge on any atom is 0.405 e. The van der Waals surface area contributed by atoms with Crippen molar-refractivity contribution in [2.75, 3.05) is 18.5 Å². The minimum absolute atomic E-state index is 0.00302. The normalized spacial score (nSPS) is 11.6. The number of carboxylic acid groups (broad SMARTS) is 1. The molecule has 27 heavy (non-hydrogen) atoms. The minimum Gasteiger partial charge on any atom is -0.478 e. The summed E-state index contributed by atoms with van der Waals surface area (Å²) in [4.78, 5) is 16.5. The molecule has 0 atom stereocenters. The average molecular weight is 378 g/mol. The molecule has 0 spiro atoms. The number of hydrogen-bond donors (Lipinski definition) is 1. The van der Waals surface area contributed by atoms with E-state index in [2.05, 4.69) is 4.98 Å². The van der Waals surface area contributed by atoms with Crippen LogP contribution in [0.5, 0.6) is 0 Å². The van der Waals surface area contributed by atoms with Crippen LogP contribution in [-0.4, -0.2) is 35.8 Å². The number of carbonyl (C=O) groups is 1. The van der Waals surface area contributed by atoms with E-state index in [4.69, 9.17) is 5.11 Å². The Hall–Kier alpha value is -3.16. The van der Waals surface area contributed by atoms with Crippen LogP contribution >= 0.6 is 0 Å². The van der Waals surface area contributed by atoms with Crippen LogP contribution in [0.1, 0.15) is 10.4 Å². The van der Waals surface area contributed by atoms with Crippen LogP contribution in [0.15, 0.2) is 48.5 Å². The van der Waals surface area contributed by atoms with Gasteiger partial charge < -0.3 is 10.0 Å². The van der Waals surface area contributed by atoms with E-state index in [-0.39, 0.29) is 16.9 Å². The summed E-state index contributed by atoms with van der Waals surface area (Å²) in [6.45, 7) is -1.22. The lowest BCUT2D eigenvalue weighted by Gasteiger charge is -2.24. The third-order valence-corrected chi connectivity index (χ3v) is 3.99. The minimum atomic E-state index is -4.44. The summed E-state index contributed by atoms with van der Waals surface area (Å²) < 4.78 is 51.8. The molecular weight excluding hydrogens is 364 g/mol. The molecule has 140 valence electrons. The van der Waals surface area contributed by atoms with Gasteiger partial charge in [0.05, 0.1) is 22.5 Å². The van der Waals surface area contributed by atoms with Crippen molar-refractivity contribution < 1.29 is 27.5 Å². The molecule has 1 heterocycles. The van der Waals surface area contributed by atoms with Crippen molar-refractivity contribution in [2.24, 2.45) is 0 Å². The van der Waals surface area contributed by atoms with E-state index in [9.17, 15) is 22.4 Å². The molecule has 0 amide bonds. The van der Waals surface area contributed by atoms with Gasteiger partial charge in [-0.1, -0.05) is 0 Å². The van der Waals surface area contributed by atoms with Crippen molar-refractivity contribution >= 4 is 22.6 Å². The van der Waals surface area contributed by atoms with Gasteiger partial charge in [-0.3, -0.25) is 0 Å². The number of fused-ring (bicyclic) bond motifs is 1.